The maximum atomic E-state index is 3.40. The molecule has 1 fully saturated rings. The molecule has 0 radical (unpaired) electrons. The molecule has 0 aromatic rings. The van der Waals surface area contributed by atoms with Gasteiger partial charge in [0.2, 0.25) is 0 Å². The van der Waals surface area contributed by atoms with Gasteiger partial charge in [0.1, 0.15) is 0 Å². The largest absolute Gasteiger partial charge is 0.317 e. The second kappa shape index (κ2) is 5.50. The highest BCUT2D eigenvalue weighted by atomic mass is 15.2. The van der Waals surface area contributed by atoms with Crippen LogP contribution in [0.3, 0.4) is 0 Å². The molecule has 96 valence electrons. The van der Waals surface area contributed by atoms with Gasteiger partial charge in [0.05, 0.1) is 0 Å². The minimum absolute atomic E-state index is 0.353. The molecule has 1 rings (SSSR count). The lowest BCUT2D eigenvalue weighted by molar-refractivity contribution is 0.128. The van der Waals surface area contributed by atoms with Gasteiger partial charge in [-0.3, -0.25) is 4.90 Å². The summed E-state index contributed by atoms with van der Waals surface area (Å²) in [6, 6.07) is 1.45. The summed E-state index contributed by atoms with van der Waals surface area (Å²) in [6.45, 7) is 14.2. The van der Waals surface area contributed by atoms with Crippen LogP contribution >= 0.6 is 0 Å². The number of hydrogen-bond acceptors (Lipinski definition) is 2. The first kappa shape index (κ1) is 14.0. The zero-order valence-electron chi connectivity index (χ0n) is 12.0. The molecule has 0 aliphatic heterocycles. The lowest BCUT2D eigenvalue weighted by Gasteiger charge is -2.38. The highest BCUT2D eigenvalue weighted by Gasteiger charge is 2.35. The van der Waals surface area contributed by atoms with E-state index in [1.165, 1.54) is 25.9 Å². The van der Waals surface area contributed by atoms with Crippen LogP contribution < -0.4 is 5.32 Å². The second-order valence-corrected chi connectivity index (χ2v) is 6.55. The first-order valence-corrected chi connectivity index (χ1v) is 6.78. The molecule has 0 aromatic heterocycles. The van der Waals surface area contributed by atoms with Crippen molar-refractivity contribution in [3.63, 3.8) is 0 Å². The van der Waals surface area contributed by atoms with Crippen LogP contribution in [0.15, 0.2) is 0 Å². The molecule has 1 aliphatic carbocycles. The van der Waals surface area contributed by atoms with Gasteiger partial charge in [-0.2, -0.15) is 0 Å². The standard InChI is InChI=1S/C14H30N2/c1-11(2)9-16(13-7-8-13)10-14(4,5)12(3)15-6/h11-13,15H,7-10H2,1-6H3. The molecule has 2 nitrogen and oxygen atoms in total. The van der Waals surface area contributed by atoms with Crippen molar-refractivity contribution in [1.82, 2.24) is 10.2 Å². The number of nitrogens with zero attached hydrogens (tertiary/aromatic N) is 1. The first-order chi connectivity index (χ1) is 7.36. The van der Waals surface area contributed by atoms with Crippen LogP contribution in [0.4, 0.5) is 0 Å². The summed E-state index contributed by atoms with van der Waals surface area (Å²) in [5.41, 5.74) is 0.353. The second-order valence-electron chi connectivity index (χ2n) is 6.55. The molecular weight excluding hydrogens is 196 g/mol. The van der Waals surface area contributed by atoms with E-state index in [1.54, 1.807) is 0 Å². The van der Waals surface area contributed by atoms with Gasteiger partial charge in [0.25, 0.3) is 0 Å². The summed E-state index contributed by atoms with van der Waals surface area (Å²) in [4.78, 5) is 2.71. The Labute approximate surface area is 102 Å². The quantitative estimate of drug-likeness (QED) is 0.718. The molecule has 0 spiro atoms. The van der Waals surface area contributed by atoms with Crippen molar-refractivity contribution < 1.29 is 0 Å². The fraction of sp³-hybridized carbons (Fsp3) is 1.00. The lowest BCUT2D eigenvalue weighted by Crippen LogP contribution is -2.47. The summed E-state index contributed by atoms with van der Waals surface area (Å²) >= 11 is 0. The van der Waals surface area contributed by atoms with Gasteiger partial charge >= 0.3 is 0 Å². The third-order valence-electron chi connectivity index (χ3n) is 3.88. The van der Waals surface area contributed by atoms with Gasteiger partial charge in [0.15, 0.2) is 0 Å². The van der Waals surface area contributed by atoms with Crippen LogP contribution in [-0.2, 0) is 0 Å². The summed E-state index contributed by atoms with van der Waals surface area (Å²) in [5, 5.41) is 3.40. The predicted octanol–water partition coefficient (Wildman–Crippen LogP) is 2.74. The highest BCUT2D eigenvalue weighted by molar-refractivity contribution is 4.90. The van der Waals surface area contributed by atoms with Crippen LogP contribution in [0, 0.1) is 11.3 Å². The molecule has 0 aromatic carbocycles. The topological polar surface area (TPSA) is 15.3 Å². The molecule has 1 unspecified atom stereocenters. The zero-order valence-corrected chi connectivity index (χ0v) is 12.0. The summed E-state index contributed by atoms with van der Waals surface area (Å²) in [6.07, 6.45) is 2.83. The molecule has 2 heteroatoms. The molecule has 0 heterocycles. The number of rotatable bonds is 7. The van der Waals surface area contributed by atoms with Crippen LogP contribution in [0.5, 0.6) is 0 Å². The number of hydrogen-bond donors (Lipinski definition) is 1. The average Bonchev–Trinajstić information content (AvgIpc) is 2.97. The van der Waals surface area contributed by atoms with Crippen molar-refractivity contribution in [2.45, 2.75) is 59.5 Å². The third-order valence-corrected chi connectivity index (χ3v) is 3.88. The van der Waals surface area contributed by atoms with Gasteiger partial charge in [-0.05, 0) is 38.1 Å². The van der Waals surface area contributed by atoms with Crippen molar-refractivity contribution in [3.05, 3.63) is 0 Å². The Morgan fingerprint density at radius 2 is 1.81 bits per heavy atom. The Kier molecular flexibility index (Phi) is 4.81. The van der Waals surface area contributed by atoms with Crippen molar-refractivity contribution in [2.24, 2.45) is 11.3 Å². The molecule has 16 heavy (non-hydrogen) atoms. The Bertz CT molecular complexity index is 207. The van der Waals surface area contributed by atoms with Crippen molar-refractivity contribution in [1.29, 1.82) is 0 Å². The van der Waals surface area contributed by atoms with E-state index in [0.29, 0.717) is 11.5 Å². The van der Waals surface area contributed by atoms with E-state index in [-0.39, 0.29) is 0 Å². The molecule has 1 N–H and O–H groups in total. The van der Waals surface area contributed by atoms with Gasteiger partial charge in [0, 0.05) is 25.2 Å². The predicted molar refractivity (Wildman–Crippen MR) is 71.7 cm³/mol. The maximum absolute atomic E-state index is 3.40. The van der Waals surface area contributed by atoms with Crippen molar-refractivity contribution in [2.75, 3.05) is 20.1 Å². The van der Waals surface area contributed by atoms with E-state index in [0.717, 1.165) is 12.0 Å². The molecule has 1 saturated carbocycles. The fourth-order valence-corrected chi connectivity index (χ4v) is 2.30. The monoisotopic (exact) mass is 226 g/mol. The molecule has 1 aliphatic rings. The van der Waals surface area contributed by atoms with Crippen molar-refractivity contribution >= 4 is 0 Å². The Balaban J connectivity index is 2.52. The van der Waals surface area contributed by atoms with Gasteiger partial charge < -0.3 is 5.32 Å². The van der Waals surface area contributed by atoms with Crippen LogP contribution in [0.2, 0.25) is 0 Å². The molecular formula is C14H30N2. The molecule has 0 saturated heterocycles. The molecule has 0 bridgehead atoms. The Morgan fingerprint density at radius 3 is 2.19 bits per heavy atom. The first-order valence-electron chi connectivity index (χ1n) is 6.78. The maximum Gasteiger partial charge on any atom is 0.00991 e. The minimum atomic E-state index is 0.353. The van der Waals surface area contributed by atoms with E-state index in [4.69, 9.17) is 0 Å². The van der Waals surface area contributed by atoms with Gasteiger partial charge in [-0.15, -0.1) is 0 Å². The van der Waals surface area contributed by atoms with Crippen molar-refractivity contribution in [3.8, 4) is 0 Å². The highest BCUT2D eigenvalue weighted by Crippen LogP contribution is 2.32. The lowest BCUT2D eigenvalue weighted by atomic mass is 9.84. The molecule has 1 atom stereocenters. The molecule has 0 amide bonds. The Morgan fingerprint density at radius 1 is 1.25 bits per heavy atom. The zero-order chi connectivity index (χ0) is 12.3. The smallest absolute Gasteiger partial charge is 0.00991 e. The van der Waals surface area contributed by atoms with Gasteiger partial charge in [-0.25, -0.2) is 0 Å². The summed E-state index contributed by atoms with van der Waals surface area (Å²) < 4.78 is 0. The SMILES string of the molecule is CNC(C)C(C)(C)CN(CC(C)C)C1CC1. The van der Waals surface area contributed by atoms with Crippen LogP contribution in [0.25, 0.3) is 0 Å². The minimum Gasteiger partial charge on any atom is -0.317 e. The summed E-state index contributed by atoms with van der Waals surface area (Å²) in [7, 11) is 2.07. The Hall–Kier alpha value is -0.0800. The van der Waals surface area contributed by atoms with Crippen LogP contribution in [-0.4, -0.2) is 37.1 Å². The summed E-state index contributed by atoms with van der Waals surface area (Å²) in [5.74, 6) is 0.779. The third kappa shape index (κ3) is 4.06. The fourth-order valence-electron chi connectivity index (χ4n) is 2.30. The van der Waals surface area contributed by atoms with Crippen LogP contribution in [0.1, 0.15) is 47.5 Å². The van der Waals surface area contributed by atoms with E-state index >= 15 is 0 Å². The van der Waals surface area contributed by atoms with Gasteiger partial charge in [-0.1, -0.05) is 27.7 Å². The normalized spacial score (nSPS) is 19.5. The average molecular weight is 226 g/mol. The van der Waals surface area contributed by atoms with E-state index < -0.39 is 0 Å². The number of nitrogens with one attached hydrogen (secondary N) is 1. The van der Waals surface area contributed by atoms with E-state index in [9.17, 15) is 0 Å². The van der Waals surface area contributed by atoms with E-state index in [2.05, 4.69) is 51.9 Å². The van der Waals surface area contributed by atoms with E-state index in [1.807, 2.05) is 0 Å².